The van der Waals surface area contributed by atoms with Gasteiger partial charge in [0.15, 0.2) is 0 Å². The second-order valence-electron chi connectivity index (χ2n) is 3.75. The summed E-state index contributed by atoms with van der Waals surface area (Å²) in [7, 11) is 0. The molecule has 1 heteroatoms. The lowest BCUT2D eigenvalue weighted by atomic mass is 9.95. The molecule has 2 rings (SSSR count). The highest BCUT2D eigenvalue weighted by atomic mass is 16.1. The highest BCUT2D eigenvalue weighted by Crippen LogP contribution is 2.34. The van der Waals surface area contributed by atoms with Crippen molar-refractivity contribution in [3.05, 3.63) is 12.2 Å². The van der Waals surface area contributed by atoms with Crippen LogP contribution in [-0.2, 0) is 4.79 Å². The third kappa shape index (κ3) is 1.37. The van der Waals surface area contributed by atoms with Crippen LogP contribution in [0.15, 0.2) is 12.2 Å². The number of hydrogen-bond acceptors (Lipinski definition) is 1. The molecular weight excluding hydrogens is 136 g/mol. The zero-order chi connectivity index (χ0) is 7.68. The number of hydrogen-bond donors (Lipinski definition) is 0. The van der Waals surface area contributed by atoms with Crippen molar-refractivity contribution in [1.29, 1.82) is 0 Å². The van der Waals surface area contributed by atoms with Crippen LogP contribution in [0.5, 0.6) is 0 Å². The summed E-state index contributed by atoms with van der Waals surface area (Å²) in [6.45, 7) is 0. The van der Waals surface area contributed by atoms with E-state index in [1.165, 1.54) is 6.42 Å². The van der Waals surface area contributed by atoms with Crippen molar-refractivity contribution in [3.63, 3.8) is 0 Å². The normalized spacial score (nSPS) is 36.9. The standard InChI is InChI=1S/C10H14O/c11-10-7-8-4-2-1-3-5-9(10)6-8/h1-2,8-9H,3-7H2. The summed E-state index contributed by atoms with van der Waals surface area (Å²) in [5, 5.41) is 0. The molecular formula is C10H14O. The third-order valence-electron chi connectivity index (χ3n) is 2.88. The third-order valence-corrected chi connectivity index (χ3v) is 2.88. The lowest BCUT2D eigenvalue weighted by Crippen LogP contribution is -2.05. The summed E-state index contributed by atoms with van der Waals surface area (Å²) in [5.74, 6) is 1.63. The highest BCUT2D eigenvalue weighted by Gasteiger charge is 2.31. The Hall–Kier alpha value is -0.590. The maximum atomic E-state index is 11.3. The smallest absolute Gasteiger partial charge is 0.136 e. The molecule has 0 spiro atoms. The molecule has 0 aromatic carbocycles. The van der Waals surface area contributed by atoms with Crippen LogP contribution in [0.3, 0.4) is 0 Å². The van der Waals surface area contributed by atoms with Gasteiger partial charge in [-0.2, -0.15) is 0 Å². The van der Waals surface area contributed by atoms with Gasteiger partial charge >= 0.3 is 0 Å². The molecule has 0 aromatic heterocycles. The van der Waals surface area contributed by atoms with Crippen molar-refractivity contribution >= 4 is 5.78 Å². The van der Waals surface area contributed by atoms with E-state index in [-0.39, 0.29) is 0 Å². The fourth-order valence-corrected chi connectivity index (χ4v) is 2.23. The Morgan fingerprint density at radius 3 is 3.18 bits per heavy atom. The van der Waals surface area contributed by atoms with Gasteiger partial charge < -0.3 is 0 Å². The minimum Gasteiger partial charge on any atom is -0.299 e. The number of rotatable bonds is 0. The first-order valence-electron chi connectivity index (χ1n) is 4.54. The number of carbonyl (C=O) groups is 1. The predicted molar refractivity (Wildman–Crippen MR) is 44.2 cm³/mol. The van der Waals surface area contributed by atoms with Gasteiger partial charge in [0.05, 0.1) is 0 Å². The molecule has 2 atom stereocenters. The number of fused-ring (bicyclic) bond motifs is 2. The van der Waals surface area contributed by atoms with Gasteiger partial charge in [-0.3, -0.25) is 4.79 Å². The molecule has 1 fully saturated rings. The molecule has 60 valence electrons. The van der Waals surface area contributed by atoms with Gasteiger partial charge in [0.1, 0.15) is 5.78 Å². The quantitative estimate of drug-likeness (QED) is 0.484. The molecule has 0 aliphatic heterocycles. The van der Waals surface area contributed by atoms with E-state index in [9.17, 15) is 4.79 Å². The van der Waals surface area contributed by atoms with E-state index in [0.29, 0.717) is 17.6 Å². The summed E-state index contributed by atoms with van der Waals surface area (Å²) in [5.41, 5.74) is 0. The number of allylic oxidation sites excluding steroid dienone is 2. The largest absolute Gasteiger partial charge is 0.299 e. The van der Waals surface area contributed by atoms with E-state index in [0.717, 1.165) is 25.7 Å². The van der Waals surface area contributed by atoms with E-state index in [4.69, 9.17) is 0 Å². The van der Waals surface area contributed by atoms with Crippen molar-refractivity contribution in [3.8, 4) is 0 Å². The Bertz CT molecular complexity index is 193. The van der Waals surface area contributed by atoms with E-state index < -0.39 is 0 Å². The molecule has 2 aliphatic carbocycles. The van der Waals surface area contributed by atoms with E-state index in [1.807, 2.05) is 0 Å². The Labute approximate surface area is 67.5 Å². The number of carbonyl (C=O) groups excluding carboxylic acids is 1. The van der Waals surface area contributed by atoms with E-state index in [2.05, 4.69) is 12.2 Å². The van der Waals surface area contributed by atoms with Crippen molar-refractivity contribution in [2.45, 2.75) is 32.1 Å². The van der Waals surface area contributed by atoms with Crippen molar-refractivity contribution < 1.29 is 4.79 Å². The Morgan fingerprint density at radius 2 is 2.27 bits per heavy atom. The van der Waals surface area contributed by atoms with Crippen LogP contribution in [0.2, 0.25) is 0 Å². The summed E-state index contributed by atoms with van der Waals surface area (Å²) >= 11 is 0. The van der Waals surface area contributed by atoms with Gasteiger partial charge in [-0.05, 0) is 31.6 Å². The van der Waals surface area contributed by atoms with Gasteiger partial charge in [-0.15, -0.1) is 0 Å². The topological polar surface area (TPSA) is 17.1 Å². The molecule has 0 N–H and O–H groups in total. The molecule has 2 aliphatic rings. The van der Waals surface area contributed by atoms with E-state index in [1.54, 1.807) is 0 Å². The predicted octanol–water partition coefficient (Wildman–Crippen LogP) is 2.32. The average Bonchev–Trinajstić information content (AvgIpc) is 2.27. The first-order valence-corrected chi connectivity index (χ1v) is 4.54. The van der Waals surface area contributed by atoms with Gasteiger partial charge in [0.2, 0.25) is 0 Å². The maximum absolute atomic E-state index is 11.3. The van der Waals surface area contributed by atoms with Crippen molar-refractivity contribution in [1.82, 2.24) is 0 Å². The molecule has 11 heavy (non-hydrogen) atoms. The van der Waals surface area contributed by atoms with Crippen LogP contribution in [0.25, 0.3) is 0 Å². The molecule has 0 heterocycles. The second-order valence-corrected chi connectivity index (χ2v) is 3.75. The molecule has 0 aromatic rings. The first kappa shape index (κ1) is 7.08. The van der Waals surface area contributed by atoms with Gasteiger partial charge in [0.25, 0.3) is 0 Å². The molecule has 1 nitrogen and oxygen atoms in total. The van der Waals surface area contributed by atoms with Crippen LogP contribution in [0, 0.1) is 11.8 Å². The maximum Gasteiger partial charge on any atom is 0.136 e. The minimum absolute atomic E-state index is 0.421. The SMILES string of the molecule is O=C1CC2CC=CCCC1C2. The van der Waals surface area contributed by atoms with Crippen LogP contribution >= 0.6 is 0 Å². The van der Waals surface area contributed by atoms with Gasteiger partial charge in [-0.1, -0.05) is 12.2 Å². The fraction of sp³-hybridized carbons (Fsp3) is 0.700. The van der Waals surface area contributed by atoms with Crippen molar-refractivity contribution in [2.24, 2.45) is 11.8 Å². The Morgan fingerprint density at radius 1 is 1.36 bits per heavy atom. The summed E-state index contributed by atoms with van der Waals surface area (Å²) in [4.78, 5) is 11.3. The first-order chi connectivity index (χ1) is 5.36. The molecule has 2 bridgehead atoms. The Kier molecular flexibility index (Phi) is 1.80. The summed E-state index contributed by atoms with van der Waals surface area (Å²) in [6.07, 6.45) is 9.87. The van der Waals surface area contributed by atoms with Gasteiger partial charge in [-0.25, -0.2) is 0 Å². The molecule has 0 amide bonds. The molecule has 0 radical (unpaired) electrons. The molecule has 0 saturated heterocycles. The monoisotopic (exact) mass is 150 g/mol. The summed E-state index contributed by atoms with van der Waals surface area (Å²) < 4.78 is 0. The lowest BCUT2D eigenvalue weighted by molar-refractivity contribution is -0.120. The molecule has 2 unspecified atom stereocenters. The number of ketones is 1. The number of Topliss-reactive ketones (excluding diaryl/α,β-unsaturated/α-hetero) is 1. The molecule has 1 saturated carbocycles. The average molecular weight is 150 g/mol. The summed E-state index contributed by atoms with van der Waals surface area (Å²) in [6, 6.07) is 0. The highest BCUT2D eigenvalue weighted by molar-refractivity contribution is 5.83. The van der Waals surface area contributed by atoms with Crippen molar-refractivity contribution in [2.75, 3.05) is 0 Å². The zero-order valence-corrected chi connectivity index (χ0v) is 6.75. The van der Waals surface area contributed by atoms with Crippen LogP contribution < -0.4 is 0 Å². The second kappa shape index (κ2) is 2.80. The van der Waals surface area contributed by atoms with E-state index >= 15 is 0 Å². The zero-order valence-electron chi connectivity index (χ0n) is 6.75. The fourth-order valence-electron chi connectivity index (χ4n) is 2.23. The lowest BCUT2D eigenvalue weighted by Gasteiger charge is -2.09. The minimum atomic E-state index is 0.421. The van der Waals surface area contributed by atoms with Crippen LogP contribution in [-0.4, -0.2) is 5.78 Å². The van der Waals surface area contributed by atoms with Crippen LogP contribution in [0.4, 0.5) is 0 Å². The Balaban J connectivity index is 2.11. The van der Waals surface area contributed by atoms with Gasteiger partial charge in [0, 0.05) is 12.3 Å². The van der Waals surface area contributed by atoms with Crippen LogP contribution in [0.1, 0.15) is 32.1 Å².